The number of ether oxygens (including phenoxy) is 2. The van der Waals surface area contributed by atoms with E-state index in [2.05, 4.69) is 15.3 Å². The molecule has 9 nitrogen and oxygen atoms in total. The number of morpholine rings is 1. The summed E-state index contributed by atoms with van der Waals surface area (Å²) in [4.78, 5) is 34.1. The molecule has 1 aromatic carbocycles. The third kappa shape index (κ3) is 6.93. The molecule has 0 unspecified atom stereocenters. The Labute approximate surface area is 229 Å². The van der Waals surface area contributed by atoms with Gasteiger partial charge in [0.2, 0.25) is 0 Å². The van der Waals surface area contributed by atoms with E-state index in [1.54, 1.807) is 0 Å². The minimum atomic E-state index is -4.67. The van der Waals surface area contributed by atoms with Gasteiger partial charge in [0.25, 0.3) is 0 Å². The van der Waals surface area contributed by atoms with Crippen molar-refractivity contribution < 1.29 is 41.7 Å². The van der Waals surface area contributed by atoms with E-state index < -0.39 is 35.7 Å². The zero-order valence-electron chi connectivity index (χ0n) is 20.4. The van der Waals surface area contributed by atoms with E-state index in [1.807, 2.05) is 4.90 Å². The van der Waals surface area contributed by atoms with Crippen molar-refractivity contribution in [2.24, 2.45) is 4.99 Å². The van der Waals surface area contributed by atoms with E-state index in [4.69, 9.17) is 26.2 Å². The van der Waals surface area contributed by atoms with Gasteiger partial charge in [0.1, 0.15) is 11.9 Å². The Balaban J connectivity index is 1.74. The largest absolute Gasteiger partial charge is 0.481 e. The summed E-state index contributed by atoms with van der Waals surface area (Å²) in [7, 11) is 1.17. The third-order valence-corrected chi connectivity index (χ3v) is 7.25. The normalized spacial score (nSPS) is 20.4. The molecule has 2 aliphatic rings. The van der Waals surface area contributed by atoms with Gasteiger partial charge in [-0.05, 0) is 18.6 Å². The zero-order valence-corrected chi connectivity index (χ0v) is 22.0. The van der Waals surface area contributed by atoms with E-state index in [0.29, 0.717) is 31.0 Å². The number of hydrogen-bond donors (Lipinski definition) is 2. The van der Waals surface area contributed by atoms with Crippen LogP contribution in [0.1, 0.15) is 35.1 Å². The van der Waals surface area contributed by atoms with Crippen LogP contribution >= 0.6 is 22.9 Å². The quantitative estimate of drug-likeness (QED) is 0.350. The van der Waals surface area contributed by atoms with Crippen molar-refractivity contribution in [2.45, 2.75) is 31.2 Å². The number of nitrogens with zero attached hydrogens (tertiary/aromatic N) is 3. The van der Waals surface area contributed by atoms with Crippen molar-refractivity contribution in [3.05, 3.63) is 62.0 Å². The Morgan fingerprint density at radius 1 is 1.36 bits per heavy atom. The number of carbonyl (C=O) groups excluding carboxylic acids is 1. The van der Waals surface area contributed by atoms with Gasteiger partial charge in [0.05, 0.1) is 25.4 Å². The number of carboxylic acids is 1. The first-order chi connectivity index (χ1) is 18.5. The number of benzene rings is 1. The average molecular weight is 591 g/mol. The van der Waals surface area contributed by atoms with Crippen LogP contribution < -0.4 is 5.32 Å². The van der Waals surface area contributed by atoms with Crippen LogP contribution in [-0.2, 0) is 25.2 Å². The van der Waals surface area contributed by atoms with Gasteiger partial charge in [-0.2, -0.15) is 13.2 Å². The molecule has 0 bridgehead atoms. The standard InChI is InChI=1S/C24H23ClF4N4O5S/c1-37-23(36)19-16(10-33-6-7-38-13(9-33)3-5-18(34)35)30-21(22-31-17(11-39-22)24(27,28)29)32-20(19)14-4-2-12(26)8-15(14)25/h2,4,8,11,13,20H,3,5-7,9-10H2,1H3,(H,30,32)(H,34,35)/t13-,20+/m1/s1. The second-order valence-electron chi connectivity index (χ2n) is 8.75. The molecule has 2 aliphatic heterocycles. The first-order valence-corrected chi connectivity index (χ1v) is 12.9. The zero-order chi connectivity index (χ0) is 28.3. The smallest absolute Gasteiger partial charge is 0.434 e. The lowest BCUT2D eigenvalue weighted by molar-refractivity contribution is -0.141. The first-order valence-electron chi connectivity index (χ1n) is 11.7. The van der Waals surface area contributed by atoms with Crippen molar-refractivity contribution >= 4 is 40.7 Å². The van der Waals surface area contributed by atoms with Gasteiger partial charge in [0.15, 0.2) is 16.5 Å². The van der Waals surface area contributed by atoms with Gasteiger partial charge in [-0.25, -0.2) is 14.2 Å². The Kier molecular flexibility index (Phi) is 8.89. The number of esters is 1. The summed E-state index contributed by atoms with van der Waals surface area (Å²) < 4.78 is 64.3. The predicted octanol–water partition coefficient (Wildman–Crippen LogP) is 4.04. The summed E-state index contributed by atoms with van der Waals surface area (Å²) in [6.07, 6.45) is -4.84. The molecule has 0 aliphatic carbocycles. The fraction of sp³-hybridized carbons (Fsp3) is 0.417. The molecule has 0 radical (unpaired) electrons. The molecule has 0 saturated carbocycles. The van der Waals surface area contributed by atoms with Crippen LogP contribution in [0.5, 0.6) is 0 Å². The summed E-state index contributed by atoms with van der Waals surface area (Å²) in [5, 5.41) is 12.7. The van der Waals surface area contributed by atoms with E-state index in [-0.39, 0.29) is 58.2 Å². The van der Waals surface area contributed by atoms with Crippen LogP contribution in [0.2, 0.25) is 5.02 Å². The molecule has 3 heterocycles. The summed E-state index contributed by atoms with van der Waals surface area (Å²) in [6, 6.07) is 2.38. The molecule has 210 valence electrons. The lowest BCUT2D eigenvalue weighted by Gasteiger charge is -2.35. The summed E-state index contributed by atoms with van der Waals surface area (Å²) in [5.74, 6) is -2.38. The van der Waals surface area contributed by atoms with Gasteiger partial charge in [-0.3, -0.25) is 14.7 Å². The van der Waals surface area contributed by atoms with Gasteiger partial charge in [-0.1, -0.05) is 17.7 Å². The van der Waals surface area contributed by atoms with Crippen molar-refractivity contribution in [1.29, 1.82) is 0 Å². The van der Waals surface area contributed by atoms with Crippen LogP contribution in [0.4, 0.5) is 17.6 Å². The van der Waals surface area contributed by atoms with Crippen molar-refractivity contribution in [3.8, 4) is 0 Å². The number of aliphatic carboxylic acids is 1. The highest BCUT2D eigenvalue weighted by molar-refractivity contribution is 7.11. The highest BCUT2D eigenvalue weighted by Crippen LogP contribution is 2.38. The minimum Gasteiger partial charge on any atom is -0.481 e. The molecule has 2 aromatic rings. The maximum absolute atomic E-state index is 13.8. The van der Waals surface area contributed by atoms with Gasteiger partial charge < -0.3 is 19.9 Å². The third-order valence-electron chi connectivity index (χ3n) is 6.07. The number of nitrogens with one attached hydrogen (secondary N) is 1. The van der Waals surface area contributed by atoms with Gasteiger partial charge >= 0.3 is 18.1 Å². The van der Waals surface area contributed by atoms with E-state index in [1.165, 1.54) is 13.2 Å². The highest BCUT2D eigenvalue weighted by Gasteiger charge is 2.37. The number of methoxy groups -OCH3 is 1. The van der Waals surface area contributed by atoms with Crippen LogP contribution in [0.15, 0.2) is 39.8 Å². The topological polar surface area (TPSA) is 113 Å². The minimum absolute atomic E-state index is 0.0285. The SMILES string of the molecule is COC(=O)C1=C(CN2CCO[C@H](CCC(=O)O)C2)NC(c2nc(C(F)(F)F)cs2)=N[C@H]1c1ccc(F)cc1Cl. The van der Waals surface area contributed by atoms with Crippen LogP contribution in [0.3, 0.4) is 0 Å². The first kappa shape index (κ1) is 28.9. The van der Waals surface area contributed by atoms with Crippen molar-refractivity contribution in [3.63, 3.8) is 0 Å². The molecular weight excluding hydrogens is 568 g/mol. The Morgan fingerprint density at radius 3 is 2.77 bits per heavy atom. The van der Waals surface area contributed by atoms with Crippen molar-refractivity contribution in [2.75, 3.05) is 33.4 Å². The summed E-state index contributed by atoms with van der Waals surface area (Å²) >= 11 is 7.03. The van der Waals surface area contributed by atoms with Gasteiger partial charge in [-0.15, -0.1) is 11.3 Å². The van der Waals surface area contributed by atoms with Crippen LogP contribution in [0.25, 0.3) is 0 Å². The number of aliphatic imine (C=N–C) groups is 1. The number of carbonyl (C=O) groups is 2. The fourth-order valence-corrected chi connectivity index (χ4v) is 5.29. The summed E-state index contributed by atoms with van der Waals surface area (Å²) in [6.45, 7) is 1.19. The molecule has 15 heteroatoms. The number of alkyl halides is 3. The molecule has 2 N–H and O–H groups in total. The maximum atomic E-state index is 13.8. The average Bonchev–Trinajstić information content (AvgIpc) is 3.38. The fourth-order valence-electron chi connectivity index (χ4n) is 4.25. The van der Waals surface area contributed by atoms with Gasteiger partial charge in [0, 0.05) is 47.7 Å². The molecule has 0 spiro atoms. The predicted molar refractivity (Wildman–Crippen MR) is 133 cm³/mol. The number of carboxylic acid groups (broad SMARTS) is 1. The number of thiazole rings is 1. The molecule has 1 fully saturated rings. The number of aromatic nitrogens is 1. The number of halogens is 5. The lowest BCUT2D eigenvalue weighted by atomic mass is 9.95. The molecule has 0 amide bonds. The van der Waals surface area contributed by atoms with E-state index in [0.717, 1.165) is 17.5 Å². The highest BCUT2D eigenvalue weighted by atomic mass is 35.5. The Bertz CT molecular complexity index is 1320. The molecule has 4 rings (SSSR count). The van der Waals surface area contributed by atoms with Crippen molar-refractivity contribution in [1.82, 2.24) is 15.2 Å². The van der Waals surface area contributed by atoms with Crippen LogP contribution in [-0.4, -0.2) is 72.2 Å². The van der Waals surface area contributed by atoms with E-state index in [9.17, 15) is 27.2 Å². The number of hydrogen-bond acceptors (Lipinski definition) is 9. The lowest BCUT2D eigenvalue weighted by Crippen LogP contribution is -2.46. The van der Waals surface area contributed by atoms with E-state index >= 15 is 0 Å². The second kappa shape index (κ2) is 12.0. The molecule has 39 heavy (non-hydrogen) atoms. The number of rotatable bonds is 8. The number of amidine groups is 1. The summed E-state index contributed by atoms with van der Waals surface area (Å²) in [5.41, 5.74) is -0.540. The molecule has 1 aromatic heterocycles. The second-order valence-corrected chi connectivity index (χ2v) is 10.0. The Hall–Kier alpha value is -3.07. The Morgan fingerprint density at radius 2 is 2.13 bits per heavy atom. The maximum Gasteiger partial charge on any atom is 0.434 e. The molecule has 2 atom stereocenters. The molecule has 1 saturated heterocycles. The monoisotopic (exact) mass is 590 g/mol. The van der Waals surface area contributed by atoms with Crippen LogP contribution in [0, 0.1) is 5.82 Å². The molecular formula is C24H23ClF4N4O5S.